The van der Waals surface area contributed by atoms with Gasteiger partial charge < -0.3 is 15.4 Å². The van der Waals surface area contributed by atoms with Gasteiger partial charge in [0.1, 0.15) is 6.04 Å². The molecule has 2 amide bonds. The maximum atomic E-state index is 12.3. The smallest absolute Gasteiger partial charge is 0.329 e. The topological polar surface area (TPSA) is 84.5 Å². The van der Waals surface area contributed by atoms with Crippen molar-refractivity contribution in [1.29, 1.82) is 0 Å². The van der Waals surface area contributed by atoms with E-state index < -0.39 is 18.1 Å². The zero-order valence-electron chi connectivity index (χ0n) is 16.1. The maximum Gasteiger partial charge on any atom is 0.329 e. The van der Waals surface area contributed by atoms with Gasteiger partial charge in [-0.25, -0.2) is 4.79 Å². The fraction of sp³-hybridized carbons (Fsp3) is 0.550. The van der Waals surface area contributed by atoms with E-state index in [9.17, 15) is 14.4 Å². The first-order chi connectivity index (χ1) is 12.1. The Morgan fingerprint density at radius 2 is 1.65 bits per heavy atom. The van der Waals surface area contributed by atoms with Crippen molar-refractivity contribution in [3.05, 3.63) is 35.4 Å². The molecule has 1 fully saturated rings. The van der Waals surface area contributed by atoms with Gasteiger partial charge in [-0.3, -0.25) is 9.59 Å². The van der Waals surface area contributed by atoms with Crippen molar-refractivity contribution in [1.82, 2.24) is 10.6 Å². The standard InChI is InChI=1S/C20H28N2O4/c1-12(19(25)26-13(2)17(23)22-16-10-11-16)21-18(24)14-6-8-15(9-7-14)20(3,4)5/h6-9,12-13,16H,10-11H2,1-5H3,(H,21,24)(H,22,23)/t12-,13+/m0/s1. The second-order valence-electron chi connectivity index (χ2n) is 7.88. The van der Waals surface area contributed by atoms with Crippen LogP contribution in [0.4, 0.5) is 0 Å². The third kappa shape index (κ3) is 5.58. The lowest BCUT2D eigenvalue weighted by atomic mass is 9.86. The van der Waals surface area contributed by atoms with Gasteiger partial charge in [0.25, 0.3) is 11.8 Å². The molecule has 0 heterocycles. The second-order valence-corrected chi connectivity index (χ2v) is 7.88. The number of esters is 1. The van der Waals surface area contributed by atoms with E-state index in [0.717, 1.165) is 18.4 Å². The molecule has 2 rings (SSSR count). The summed E-state index contributed by atoms with van der Waals surface area (Å²) in [6.45, 7) is 9.35. The van der Waals surface area contributed by atoms with Crippen LogP contribution in [-0.2, 0) is 19.7 Å². The SMILES string of the molecule is C[C@H](NC(=O)c1ccc(C(C)(C)C)cc1)C(=O)O[C@H](C)C(=O)NC1CC1. The Kier molecular flexibility index (Phi) is 6.05. The van der Waals surface area contributed by atoms with Gasteiger partial charge in [0.2, 0.25) is 0 Å². The number of nitrogens with one attached hydrogen (secondary N) is 2. The van der Waals surface area contributed by atoms with Crippen LogP contribution in [0.1, 0.15) is 63.4 Å². The Hall–Kier alpha value is -2.37. The summed E-state index contributed by atoms with van der Waals surface area (Å²) in [6.07, 6.45) is 1.05. The van der Waals surface area contributed by atoms with Crippen molar-refractivity contribution in [2.45, 2.75) is 71.1 Å². The highest BCUT2D eigenvalue weighted by molar-refractivity contribution is 5.97. The molecule has 0 aliphatic heterocycles. The molecule has 6 heteroatoms. The number of hydrogen-bond acceptors (Lipinski definition) is 4. The van der Waals surface area contributed by atoms with Crippen LogP contribution in [0.2, 0.25) is 0 Å². The van der Waals surface area contributed by atoms with E-state index in [0.29, 0.717) is 5.56 Å². The van der Waals surface area contributed by atoms with Gasteiger partial charge in [0.15, 0.2) is 6.10 Å². The predicted molar refractivity (Wildman–Crippen MR) is 98.8 cm³/mol. The van der Waals surface area contributed by atoms with Crippen LogP contribution in [0.15, 0.2) is 24.3 Å². The average Bonchev–Trinajstić information content (AvgIpc) is 3.37. The minimum Gasteiger partial charge on any atom is -0.451 e. The van der Waals surface area contributed by atoms with Gasteiger partial charge in [0, 0.05) is 11.6 Å². The summed E-state index contributed by atoms with van der Waals surface area (Å²) < 4.78 is 5.14. The molecule has 1 aromatic carbocycles. The summed E-state index contributed by atoms with van der Waals surface area (Å²) in [4.78, 5) is 36.2. The van der Waals surface area contributed by atoms with E-state index in [-0.39, 0.29) is 23.3 Å². The molecule has 0 spiro atoms. The van der Waals surface area contributed by atoms with Gasteiger partial charge in [0.05, 0.1) is 0 Å². The molecule has 0 aromatic heterocycles. The number of rotatable bonds is 6. The summed E-state index contributed by atoms with van der Waals surface area (Å²) in [5.74, 6) is -1.30. The lowest BCUT2D eigenvalue weighted by molar-refractivity contribution is -0.156. The average molecular weight is 360 g/mol. The molecule has 2 N–H and O–H groups in total. The van der Waals surface area contributed by atoms with Crippen LogP contribution < -0.4 is 10.6 Å². The quantitative estimate of drug-likeness (QED) is 0.763. The number of ether oxygens (including phenoxy) is 1. The lowest BCUT2D eigenvalue weighted by Crippen LogP contribution is -2.43. The first-order valence-corrected chi connectivity index (χ1v) is 9.00. The molecule has 142 valence electrons. The number of amides is 2. The first kappa shape index (κ1) is 19.9. The van der Waals surface area contributed by atoms with Crippen molar-refractivity contribution in [3.63, 3.8) is 0 Å². The minimum absolute atomic E-state index is 0.00326. The van der Waals surface area contributed by atoms with E-state index >= 15 is 0 Å². The highest BCUT2D eigenvalue weighted by Gasteiger charge is 2.28. The van der Waals surface area contributed by atoms with Crippen molar-refractivity contribution in [3.8, 4) is 0 Å². The Morgan fingerprint density at radius 1 is 1.08 bits per heavy atom. The largest absolute Gasteiger partial charge is 0.451 e. The molecule has 0 radical (unpaired) electrons. The molecule has 26 heavy (non-hydrogen) atoms. The van der Waals surface area contributed by atoms with Crippen LogP contribution in [0.25, 0.3) is 0 Å². The second kappa shape index (κ2) is 7.89. The summed E-state index contributed by atoms with van der Waals surface area (Å²) in [6, 6.07) is 6.64. The normalized spacial score (nSPS) is 16.3. The van der Waals surface area contributed by atoms with Crippen LogP contribution >= 0.6 is 0 Å². The number of benzene rings is 1. The van der Waals surface area contributed by atoms with E-state index in [4.69, 9.17) is 4.74 Å². The Morgan fingerprint density at radius 3 is 2.15 bits per heavy atom. The van der Waals surface area contributed by atoms with Crippen molar-refractivity contribution in [2.75, 3.05) is 0 Å². The predicted octanol–water partition coefficient (Wildman–Crippen LogP) is 2.31. The maximum absolute atomic E-state index is 12.3. The zero-order valence-corrected chi connectivity index (χ0v) is 16.1. The molecule has 0 bridgehead atoms. The van der Waals surface area contributed by atoms with Gasteiger partial charge in [-0.05, 0) is 49.8 Å². The third-order valence-corrected chi connectivity index (χ3v) is 4.30. The van der Waals surface area contributed by atoms with Crippen LogP contribution in [-0.4, -0.2) is 36.0 Å². The molecule has 1 aromatic rings. The monoisotopic (exact) mass is 360 g/mol. The zero-order chi connectivity index (χ0) is 19.5. The Balaban J connectivity index is 1.87. The van der Waals surface area contributed by atoms with Gasteiger partial charge >= 0.3 is 5.97 Å². The van der Waals surface area contributed by atoms with Gasteiger partial charge in [-0.1, -0.05) is 32.9 Å². The Labute approximate surface area is 154 Å². The molecule has 1 aliphatic rings. The van der Waals surface area contributed by atoms with Crippen molar-refractivity contribution >= 4 is 17.8 Å². The number of carbonyl (C=O) groups excluding carboxylic acids is 3. The molecule has 1 saturated carbocycles. The summed E-state index contributed by atoms with van der Waals surface area (Å²) >= 11 is 0. The highest BCUT2D eigenvalue weighted by atomic mass is 16.5. The highest BCUT2D eigenvalue weighted by Crippen LogP contribution is 2.22. The fourth-order valence-corrected chi connectivity index (χ4v) is 2.34. The van der Waals surface area contributed by atoms with E-state index in [1.165, 1.54) is 13.8 Å². The summed E-state index contributed by atoms with van der Waals surface area (Å²) in [7, 11) is 0. The van der Waals surface area contributed by atoms with E-state index in [1.54, 1.807) is 12.1 Å². The molecule has 0 saturated heterocycles. The third-order valence-electron chi connectivity index (χ3n) is 4.30. The van der Waals surface area contributed by atoms with Crippen LogP contribution in [0, 0.1) is 0 Å². The summed E-state index contributed by atoms with van der Waals surface area (Å²) in [5, 5.41) is 5.38. The molecule has 6 nitrogen and oxygen atoms in total. The Bertz CT molecular complexity index is 672. The van der Waals surface area contributed by atoms with Crippen LogP contribution in [0.3, 0.4) is 0 Å². The molecular formula is C20H28N2O4. The minimum atomic E-state index is -0.881. The van der Waals surface area contributed by atoms with E-state index in [2.05, 4.69) is 31.4 Å². The first-order valence-electron chi connectivity index (χ1n) is 9.00. The molecule has 2 atom stereocenters. The van der Waals surface area contributed by atoms with E-state index in [1.807, 2.05) is 12.1 Å². The van der Waals surface area contributed by atoms with Crippen LogP contribution in [0.5, 0.6) is 0 Å². The lowest BCUT2D eigenvalue weighted by Gasteiger charge is -2.20. The number of hydrogen-bond donors (Lipinski definition) is 2. The fourth-order valence-electron chi connectivity index (χ4n) is 2.34. The molecule has 1 aliphatic carbocycles. The van der Waals surface area contributed by atoms with Crippen molar-refractivity contribution < 1.29 is 19.1 Å². The van der Waals surface area contributed by atoms with Gasteiger partial charge in [-0.15, -0.1) is 0 Å². The van der Waals surface area contributed by atoms with Crippen molar-refractivity contribution in [2.24, 2.45) is 0 Å². The molecule has 0 unspecified atom stereocenters. The van der Waals surface area contributed by atoms with Gasteiger partial charge in [-0.2, -0.15) is 0 Å². The number of carbonyl (C=O) groups is 3. The summed E-state index contributed by atoms with van der Waals surface area (Å²) in [5.41, 5.74) is 1.60. The molecular weight excluding hydrogens is 332 g/mol.